The molecule has 0 aromatic rings. The van der Waals surface area contributed by atoms with E-state index in [0.29, 0.717) is 17.7 Å². The average molecular weight is 328 g/mol. The molecule has 0 saturated carbocycles. The Bertz CT molecular complexity index is 392. The highest BCUT2D eigenvalue weighted by Crippen LogP contribution is 2.33. The van der Waals surface area contributed by atoms with Crippen molar-refractivity contribution >= 4 is 23.7 Å². The molecule has 3 amide bonds. The number of carbonyl (C=O) groups excluding carboxylic acids is 2. The number of thioether (sulfide) groups is 1. The lowest BCUT2D eigenvalue weighted by atomic mass is 10.0. The average Bonchev–Trinajstić information content (AvgIpc) is 2.99. The van der Waals surface area contributed by atoms with E-state index in [1.165, 1.54) is 0 Å². The molecular weight excluding hydrogens is 300 g/mol. The molecule has 0 radical (unpaired) electrons. The number of unbranched alkanes of at least 4 members (excludes halogenated alkanes) is 1. The maximum Gasteiger partial charge on any atom is 0.315 e. The van der Waals surface area contributed by atoms with Gasteiger partial charge in [0.2, 0.25) is 5.91 Å². The van der Waals surface area contributed by atoms with Crippen LogP contribution in [0.3, 0.4) is 0 Å². The van der Waals surface area contributed by atoms with Gasteiger partial charge in [0.1, 0.15) is 0 Å². The lowest BCUT2D eigenvalue weighted by molar-refractivity contribution is -0.121. The maximum absolute atomic E-state index is 11.7. The van der Waals surface area contributed by atoms with Crippen LogP contribution in [0.1, 0.15) is 32.1 Å². The number of carbonyl (C=O) groups is 2. The third kappa shape index (κ3) is 5.35. The smallest absolute Gasteiger partial charge is 0.315 e. The summed E-state index contributed by atoms with van der Waals surface area (Å²) in [6.07, 6.45) is 4.64. The van der Waals surface area contributed by atoms with Crippen LogP contribution in [0.2, 0.25) is 0 Å². The van der Waals surface area contributed by atoms with E-state index in [1.807, 2.05) is 25.9 Å². The fraction of sp³-hybridized carbons (Fsp3) is 0.867. The van der Waals surface area contributed by atoms with Gasteiger partial charge in [-0.25, -0.2) is 4.79 Å². The second kappa shape index (κ2) is 8.62. The molecule has 0 aliphatic carbocycles. The molecule has 0 spiro atoms. The molecule has 0 aromatic carbocycles. The predicted octanol–water partition coefficient (Wildman–Crippen LogP) is 0.780. The third-order valence-electron chi connectivity index (χ3n) is 4.18. The van der Waals surface area contributed by atoms with Gasteiger partial charge in [-0.1, -0.05) is 6.42 Å². The van der Waals surface area contributed by atoms with Crippen LogP contribution < -0.4 is 16.0 Å². The minimum absolute atomic E-state index is 0.0302. The fourth-order valence-corrected chi connectivity index (χ4v) is 4.53. The summed E-state index contributed by atoms with van der Waals surface area (Å²) in [4.78, 5) is 25.1. The largest absolute Gasteiger partial charge is 0.356 e. The molecule has 2 rings (SSSR count). The van der Waals surface area contributed by atoms with E-state index in [0.717, 1.165) is 44.5 Å². The monoisotopic (exact) mass is 328 g/mol. The maximum atomic E-state index is 11.7. The minimum Gasteiger partial charge on any atom is -0.356 e. The van der Waals surface area contributed by atoms with Gasteiger partial charge in [-0.2, -0.15) is 11.8 Å². The summed E-state index contributed by atoms with van der Waals surface area (Å²) < 4.78 is 0. The molecule has 2 saturated heterocycles. The number of amides is 3. The number of rotatable bonds is 9. The second-order valence-electron chi connectivity index (χ2n) is 6.37. The number of hydrogen-bond acceptors (Lipinski definition) is 4. The molecule has 3 N–H and O–H groups in total. The Hall–Kier alpha value is -0.950. The van der Waals surface area contributed by atoms with Crippen molar-refractivity contribution in [1.29, 1.82) is 0 Å². The Labute approximate surface area is 137 Å². The van der Waals surface area contributed by atoms with Crippen molar-refractivity contribution in [3.63, 3.8) is 0 Å². The number of nitrogens with zero attached hydrogens (tertiary/aromatic N) is 1. The topological polar surface area (TPSA) is 73.5 Å². The van der Waals surface area contributed by atoms with Crippen molar-refractivity contribution in [3.8, 4) is 0 Å². The number of urea groups is 1. The van der Waals surface area contributed by atoms with Gasteiger partial charge >= 0.3 is 6.03 Å². The van der Waals surface area contributed by atoms with E-state index >= 15 is 0 Å². The number of fused-ring (bicyclic) bond motifs is 1. The first-order valence-electron chi connectivity index (χ1n) is 8.16. The van der Waals surface area contributed by atoms with Gasteiger partial charge in [-0.3, -0.25) is 4.79 Å². The van der Waals surface area contributed by atoms with Gasteiger partial charge in [-0.05, 0) is 39.9 Å². The Morgan fingerprint density at radius 1 is 1.32 bits per heavy atom. The first-order chi connectivity index (χ1) is 10.6. The summed E-state index contributed by atoms with van der Waals surface area (Å²) in [6.45, 7) is 1.76. The standard InChI is InChI=1S/C15H28N4O2S/c1-19(2)9-5-8-16-13(20)7-4-3-6-12-14-11(10-22-12)17-15(21)18-14/h11-12,14H,3-10H2,1-2H3,(H,16,20)(H2,17,18,21). The van der Waals surface area contributed by atoms with Gasteiger partial charge in [-0.15, -0.1) is 0 Å². The molecule has 6 nitrogen and oxygen atoms in total. The quantitative estimate of drug-likeness (QED) is 0.432. The molecule has 0 bridgehead atoms. The lowest BCUT2D eigenvalue weighted by Crippen LogP contribution is -2.36. The van der Waals surface area contributed by atoms with Crippen LogP contribution >= 0.6 is 11.8 Å². The van der Waals surface area contributed by atoms with E-state index in [-0.39, 0.29) is 18.0 Å². The lowest BCUT2D eigenvalue weighted by Gasteiger charge is -2.16. The molecule has 2 aliphatic heterocycles. The summed E-state index contributed by atoms with van der Waals surface area (Å²) >= 11 is 1.93. The first-order valence-corrected chi connectivity index (χ1v) is 9.21. The Kier molecular flexibility index (Phi) is 6.82. The van der Waals surface area contributed by atoms with Gasteiger partial charge in [0.25, 0.3) is 0 Å². The van der Waals surface area contributed by atoms with Crippen LogP contribution in [-0.4, -0.2) is 67.1 Å². The Morgan fingerprint density at radius 3 is 2.91 bits per heavy atom. The number of nitrogens with one attached hydrogen (secondary N) is 3. The van der Waals surface area contributed by atoms with Crippen LogP contribution in [0.5, 0.6) is 0 Å². The van der Waals surface area contributed by atoms with E-state index in [1.54, 1.807) is 0 Å². The zero-order valence-electron chi connectivity index (χ0n) is 13.6. The van der Waals surface area contributed by atoms with Gasteiger partial charge < -0.3 is 20.9 Å². The molecule has 7 heteroatoms. The van der Waals surface area contributed by atoms with Crippen molar-refractivity contribution in [2.45, 2.75) is 49.4 Å². The van der Waals surface area contributed by atoms with Crippen molar-refractivity contribution in [2.75, 3.05) is 32.9 Å². The summed E-state index contributed by atoms with van der Waals surface area (Å²) in [5.74, 6) is 1.16. The van der Waals surface area contributed by atoms with E-state index in [4.69, 9.17) is 0 Å². The van der Waals surface area contributed by atoms with Crippen LogP contribution in [0, 0.1) is 0 Å². The highest BCUT2D eigenvalue weighted by Gasteiger charge is 2.42. The van der Waals surface area contributed by atoms with Crippen molar-refractivity contribution in [3.05, 3.63) is 0 Å². The number of hydrogen-bond donors (Lipinski definition) is 3. The first kappa shape index (κ1) is 17.4. The summed E-state index contributed by atoms with van der Waals surface area (Å²) in [5, 5.41) is 9.42. The zero-order chi connectivity index (χ0) is 15.9. The Balaban J connectivity index is 1.50. The Morgan fingerprint density at radius 2 is 2.14 bits per heavy atom. The summed E-state index contributed by atoms with van der Waals surface area (Å²) in [6, 6.07) is 0.539. The molecule has 3 unspecified atom stereocenters. The van der Waals surface area contributed by atoms with Crippen LogP contribution in [0.4, 0.5) is 4.79 Å². The van der Waals surface area contributed by atoms with Gasteiger partial charge in [0, 0.05) is 24.0 Å². The van der Waals surface area contributed by atoms with E-state index < -0.39 is 0 Å². The van der Waals surface area contributed by atoms with Crippen molar-refractivity contribution in [1.82, 2.24) is 20.9 Å². The summed E-state index contributed by atoms with van der Waals surface area (Å²) in [5.41, 5.74) is 0. The minimum atomic E-state index is -0.0302. The molecule has 22 heavy (non-hydrogen) atoms. The molecule has 2 aliphatic rings. The third-order valence-corrected chi connectivity index (χ3v) is 5.69. The summed E-state index contributed by atoms with van der Waals surface area (Å²) in [7, 11) is 4.07. The SMILES string of the molecule is CN(C)CCCNC(=O)CCCCC1SCC2NC(=O)NC21. The van der Waals surface area contributed by atoms with Crippen LogP contribution in [0.15, 0.2) is 0 Å². The van der Waals surface area contributed by atoms with Crippen LogP contribution in [-0.2, 0) is 4.79 Å². The molecule has 2 fully saturated rings. The second-order valence-corrected chi connectivity index (χ2v) is 7.65. The van der Waals surface area contributed by atoms with Gasteiger partial charge in [0.15, 0.2) is 0 Å². The molecule has 2 heterocycles. The van der Waals surface area contributed by atoms with Crippen molar-refractivity contribution < 1.29 is 9.59 Å². The molecule has 0 aromatic heterocycles. The molecular formula is C15H28N4O2S. The molecule has 126 valence electrons. The zero-order valence-corrected chi connectivity index (χ0v) is 14.4. The van der Waals surface area contributed by atoms with Gasteiger partial charge in [0.05, 0.1) is 12.1 Å². The highest BCUT2D eigenvalue weighted by atomic mass is 32.2. The molecule has 3 atom stereocenters. The normalized spacial score (nSPS) is 26.7. The van der Waals surface area contributed by atoms with Crippen LogP contribution in [0.25, 0.3) is 0 Å². The fourth-order valence-electron chi connectivity index (χ4n) is 2.99. The predicted molar refractivity (Wildman–Crippen MR) is 90.1 cm³/mol. The van der Waals surface area contributed by atoms with Crippen molar-refractivity contribution in [2.24, 2.45) is 0 Å². The van der Waals surface area contributed by atoms with E-state index in [2.05, 4.69) is 20.9 Å². The van der Waals surface area contributed by atoms with E-state index in [9.17, 15) is 9.59 Å². The highest BCUT2D eigenvalue weighted by molar-refractivity contribution is 8.00.